The standard InChI is InChI=1S/C11H22N2O2S/c1-11(10(12)16)2-4-13(5-3-11)6-8-15-9-7-14/h14H,2-9H2,1H3,(H2,12,16). The number of hydrogen-bond acceptors (Lipinski definition) is 4. The van der Waals surface area contributed by atoms with Gasteiger partial charge in [0.15, 0.2) is 0 Å². The van der Waals surface area contributed by atoms with Crippen molar-refractivity contribution >= 4 is 17.2 Å². The van der Waals surface area contributed by atoms with Gasteiger partial charge in [0.1, 0.15) is 0 Å². The van der Waals surface area contributed by atoms with E-state index < -0.39 is 0 Å². The Labute approximate surface area is 103 Å². The Bertz CT molecular complexity index is 228. The van der Waals surface area contributed by atoms with Gasteiger partial charge in [0.25, 0.3) is 0 Å². The second-order valence-electron chi connectivity index (χ2n) is 4.60. The molecule has 0 aliphatic carbocycles. The molecular weight excluding hydrogens is 224 g/mol. The molecule has 0 unspecified atom stereocenters. The van der Waals surface area contributed by atoms with Gasteiger partial charge < -0.3 is 20.5 Å². The van der Waals surface area contributed by atoms with E-state index in [1.807, 2.05) is 0 Å². The van der Waals surface area contributed by atoms with E-state index in [4.69, 9.17) is 27.8 Å². The predicted molar refractivity (Wildman–Crippen MR) is 68.5 cm³/mol. The third-order valence-corrected chi connectivity index (χ3v) is 3.83. The molecule has 16 heavy (non-hydrogen) atoms. The van der Waals surface area contributed by atoms with Gasteiger partial charge in [-0.1, -0.05) is 19.1 Å². The summed E-state index contributed by atoms with van der Waals surface area (Å²) in [6.07, 6.45) is 2.06. The minimum absolute atomic E-state index is 0.0395. The van der Waals surface area contributed by atoms with Crippen molar-refractivity contribution in [3.8, 4) is 0 Å². The van der Waals surface area contributed by atoms with Crippen LogP contribution in [0.15, 0.2) is 0 Å². The number of nitrogens with two attached hydrogens (primary N) is 1. The van der Waals surface area contributed by atoms with Crippen molar-refractivity contribution in [1.82, 2.24) is 4.90 Å². The fourth-order valence-corrected chi connectivity index (χ4v) is 2.08. The zero-order chi connectivity index (χ0) is 12.0. The molecule has 0 spiro atoms. The molecule has 0 saturated carbocycles. The minimum atomic E-state index is 0.0395. The minimum Gasteiger partial charge on any atom is -0.394 e. The molecule has 1 saturated heterocycles. The lowest BCUT2D eigenvalue weighted by molar-refractivity contribution is 0.0620. The van der Waals surface area contributed by atoms with Crippen LogP contribution in [0.4, 0.5) is 0 Å². The van der Waals surface area contributed by atoms with Crippen LogP contribution in [-0.4, -0.2) is 54.4 Å². The van der Waals surface area contributed by atoms with E-state index in [1.165, 1.54) is 0 Å². The molecule has 0 aromatic carbocycles. The molecule has 3 N–H and O–H groups in total. The van der Waals surface area contributed by atoms with Gasteiger partial charge in [-0.05, 0) is 25.9 Å². The lowest BCUT2D eigenvalue weighted by atomic mass is 9.80. The molecule has 1 fully saturated rings. The van der Waals surface area contributed by atoms with Crippen molar-refractivity contribution in [2.75, 3.05) is 39.5 Å². The number of nitrogens with zero attached hydrogens (tertiary/aromatic N) is 1. The molecule has 1 aliphatic rings. The van der Waals surface area contributed by atoms with Crippen LogP contribution in [-0.2, 0) is 4.74 Å². The largest absolute Gasteiger partial charge is 0.394 e. The van der Waals surface area contributed by atoms with E-state index in [1.54, 1.807) is 0 Å². The smallest absolute Gasteiger partial charge is 0.0788 e. The Morgan fingerprint density at radius 1 is 1.44 bits per heavy atom. The van der Waals surface area contributed by atoms with Crippen LogP contribution < -0.4 is 5.73 Å². The van der Waals surface area contributed by atoms with Gasteiger partial charge in [-0.25, -0.2) is 0 Å². The van der Waals surface area contributed by atoms with Crippen LogP contribution in [0.5, 0.6) is 0 Å². The zero-order valence-corrected chi connectivity index (χ0v) is 10.8. The number of ether oxygens (including phenoxy) is 1. The molecule has 1 aliphatic heterocycles. The quantitative estimate of drug-likeness (QED) is 0.524. The summed E-state index contributed by atoms with van der Waals surface area (Å²) in [5.74, 6) is 0. The van der Waals surface area contributed by atoms with Crippen LogP contribution >= 0.6 is 12.2 Å². The molecular formula is C11H22N2O2S. The van der Waals surface area contributed by atoms with Crippen LogP contribution in [0.1, 0.15) is 19.8 Å². The average Bonchev–Trinajstić information content (AvgIpc) is 2.27. The molecule has 1 heterocycles. The normalized spacial score (nSPS) is 20.9. The van der Waals surface area contributed by atoms with Crippen molar-refractivity contribution in [2.45, 2.75) is 19.8 Å². The van der Waals surface area contributed by atoms with Gasteiger partial charge in [0, 0.05) is 12.0 Å². The molecule has 0 amide bonds. The fraction of sp³-hybridized carbons (Fsp3) is 0.909. The van der Waals surface area contributed by atoms with Gasteiger partial charge >= 0.3 is 0 Å². The molecule has 5 heteroatoms. The van der Waals surface area contributed by atoms with Crippen molar-refractivity contribution < 1.29 is 9.84 Å². The topological polar surface area (TPSA) is 58.7 Å². The number of aliphatic hydroxyl groups is 1. The van der Waals surface area contributed by atoms with Crippen LogP contribution in [0.3, 0.4) is 0 Å². The van der Waals surface area contributed by atoms with E-state index >= 15 is 0 Å². The molecule has 94 valence electrons. The van der Waals surface area contributed by atoms with Crippen LogP contribution in [0.25, 0.3) is 0 Å². The van der Waals surface area contributed by atoms with E-state index in [9.17, 15) is 0 Å². The summed E-state index contributed by atoms with van der Waals surface area (Å²) in [6.45, 7) is 6.33. The van der Waals surface area contributed by atoms with Gasteiger partial charge in [0.2, 0.25) is 0 Å². The highest BCUT2D eigenvalue weighted by molar-refractivity contribution is 7.80. The number of thiocarbonyl (C=S) groups is 1. The van der Waals surface area contributed by atoms with Gasteiger partial charge in [-0.3, -0.25) is 0 Å². The summed E-state index contributed by atoms with van der Waals surface area (Å²) >= 11 is 5.10. The van der Waals surface area contributed by atoms with E-state index in [0.29, 0.717) is 18.2 Å². The highest BCUT2D eigenvalue weighted by Gasteiger charge is 2.32. The summed E-state index contributed by atoms with van der Waals surface area (Å²) in [7, 11) is 0. The van der Waals surface area contributed by atoms with E-state index in [-0.39, 0.29) is 12.0 Å². The van der Waals surface area contributed by atoms with Crippen molar-refractivity contribution in [3.63, 3.8) is 0 Å². The van der Waals surface area contributed by atoms with Gasteiger partial charge in [-0.2, -0.15) is 0 Å². The first kappa shape index (κ1) is 13.8. The molecule has 0 radical (unpaired) electrons. The monoisotopic (exact) mass is 246 g/mol. The van der Waals surface area contributed by atoms with Crippen molar-refractivity contribution in [2.24, 2.45) is 11.1 Å². The summed E-state index contributed by atoms with van der Waals surface area (Å²) in [5.41, 5.74) is 5.79. The third-order valence-electron chi connectivity index (χ3n) is 3.34. The van der Waals surface area contributed by atoms with E-state index in [2.05, 4.69) is 11.8 Å². The SMILES string of the molecule is CC1(C(N)=S)CCN(CCOCCO)CC1. The first-order chi connectivity index (χ1) is 7.58. The Morgan fingerprint density at radius 3 is 2.56 bits per heavy atom. The predicted octanol–water partition coefficient (Wildman–Crippen LogP) is 0.383. The first-order valence-corrected chi connectivity index (χ1v) is 6.20. The van der Waals surface area contributed by atoms with Crippen molar-refractivity contribution in [1.29, 1.82) is 0 Å². The van der Waals surface area contributed by atoms with E-state index in [0.717, 1.165) is 32.5 Å². The van der Waals surface area contributed by atoms with Crippen LogP contribution in [0.2, 0.25) is 0 Å². The summed E-state index contributed by atoms with van der Waals surface area (Å²) < 4.78 is 5.24. The number of aliphatic hydroxyl groups excluding tert-OH is 1. The summed E-state index contributed by atoms with van der Waals surface area (Å²) in [5, 5.41) is 8.57. The number of piperidine rings is 1. The number of hydrogen-bond donors (Lipinski definition) is 2. The third kappa shape index (κ3) is 3.97. The lowest BCUT2D eigenvalue weighted by Crippen LogP contribution is -2.45. The molecule has 0 atom stereocenters. The highest BCUT2D eigenvalue weighted by atomic mass is 32.1. The molecule has 1 rings (SSSR count). The molecule has 0 aromatic heterocycles. The average molecular weight is 246 g/mol. The zero-order valence-electron chi connectivity index (χ0n) is 9.95. The van der Waals surface area contributed by atoms with Crippen molar-refractivity contribution in [3.05, 3.63) is 0 Å². The highest BCUT2D eigenvalue weighted by Crippen LogP contribution is 2.30. The lowest BCUT2D eigenvalue weighted by Gasteiger charge is -2.38. The second-order valence-corrected chi connectivity index (χ2v) is 5.04. The second kappa shape index (κ2) is 6.49. The molecule has 0 bridgehead atoms. The molecule has 0 aromatic rings. The van der Waals surface area contributed by atoms with Gasteiger partial charge in [-0.15, -0.1) is 0 Å². The number of rotatable bonds is 6. The first-order valence-electron chi connectivity index (χ1n) is 5.79. The Balaban J connectivity index is 2.19. The molecule has 4 nitrogen and oxygen atoms in total. The Kier molecular flexibility index (Phi) is 5.61. The maximum atomic E-state index is 8.57. The number of likely N-dealkylation sites (tertiary alicyclic amines) is 1. The van der Waals surface area contributed by atoms with Crippen LogP contribution in [0, 0.1) is 5.41 Å². The Hall–Kier alpha value is -0.230. The Morgan fingerprint density at radius 2 is 2.06 bits per heavy atom. The fourth-order valence-electron chi connectivity index (χ4n) is 1.88. The maximum Gasteiger partial charge on any atom is 0.0788 e. The summed E-state index contributed by atoms with van der Waals surface area (Å²) in [4.78, 5) is 3.00. The van der Waals surface area contributed by atoms with Gasteiger partial charge in [0.05, 0.1) is 24.8 Å². The summed E-state index contributed by atoms with van der Waals surface area (Å²) in [6, 6.07) is 0. The maximum absolute atomic E-state index is 8.57.